The van der Waals surface area contributed by atoms with Crippen LogP contribution in [-0.4, -0.2) is 30.8 Å². The van der Waals surface area contributed by atoms with Gasteiger partial charge in [0.2, 0.25) is 6.54 Å². The van der Waals surface area contributed by atoms with Gasteiger partial charge in [-0.1, -0.05) is 13.3 Å². The maximum absolute atomic E-state index is 11.2. The van der Waals surface area contributed by atoms with Gasteiger partial charge in [0, 0.05) is 10.8 Å². The lowest BCUT2D eigenvalue weighted by atomic mass is 9.90. The van der Waals surface area contributed by atoms with Crippen LogP contribution in [0.1, 0.15) is 19.8 Å². The Bertz CT molecular complexity index is 241. The smallest absolute Gasteiger partial charge is 0.316 e. The third-order valence-corrected chi connectivity index (χ3v) is 2.16. The fourth-order valence-electron chi connectivity index (χ4n) is 1.39. The molecule has 0 spiro atoms. The predicted molar refractivity (Wildman–Crippen MR) is 51.8 cm³/mol. The number of hydrogen-bond acceptors (Lipinski definition) is 5. The van der Waals surface area contributed by atoms with E-state index in [2.05, 4.69) is 4.74 Å². The highest BCUT2D eigenvalue weighted by atomic mass is 16.6. The Hall–Kier alpha value is -1.46. The molecule has 0 aromatic rings. The van der Waals surface area contributed by atoms with Crippen molar-refractivity contribution in [3.05, 3.63) is 10.1 Å². The maximum atomic E-state index is 11.2. The van der Waals surface area contributed by atoms with Crippen molar-refractivity contribution in [3.8, 4) is 0 Å². The number of carbonyl (C=O) groups excluding carboxylic acids is 2. The Morgan fingerprint density at radius 3 is 2.53 bits per heavy atom. The second-order valence-corrected chi connectivity index (χ2v) is 3.23. The van der Waals surface area contributed by atoms with E-state index in [4.69, 9.17) is 0 Å². The molecule has 6 heteroatoms. The van der Waals surface area contributed by atoms with Crippen LogP contribution >= 0.6 is 0 Å². The highest BCUT2D eigenvalue weighted by Gasteiger charge is 2.32. The molecule has 0 radical (unpaired) electrons. The van der Waals surface area contributed by atoms with Gasteiger partial charge in [-0.25, -0.2) is 0 Å². The molecule has 0 saturated heterocycles. The van der Waals surface area contributed by atoms with Crippen LogP contribution in [0.25, 0.3) is 0 Å². The molecule has 0 aromatic carbocycles. The Morgan fingerprint density at radius 2 is 2.20 bits per heavy atom. The van der Waals surface area contributed by atoms with E-state index in [-0.39, 0.29) is 0 Å². The largest absolute Gasteiger partial charge is 0.469 e. The summed E-state index contributed by atoms with van der Waals surface area (Å²) in [5.74, 6) is -2.30. The van der Waals surface area contributed by atoms with Crippen LogP contribution in [-0.2, 0) is 14.3 Å². The van der Waals surface area contributed by atoms with Crippen molar-refractivity contribution in [1.82, 2.24) is 0 Å². The van der Waals surface area contributed by atoms with E-state index in [1.165, 1.54) is 0 Å². The number of ether oxygens (including phenoxy) is 1. The number of methoxy groups -OCH3 is 1. The van der Waals surface area contributed by atoms with Crippen LogP contribution in [0.5, 0.6) is 0 Å². The van der Waals surface area contributed by atoms with Gasteiger partial charge < -0.3 is 9.53 Å². The molecule has 2 atom stereocenters. The van der Waals surface area contributed by atoms with Crippen LogP contribution in [0, 0.1) is 22.0 Å². The van der Waals surface area contributed by atoms with E-state index >= 15 is 0 Å². The van der Waals surface area contributed by atoms with E-state index in [9.17, 15) is 19.7 Å². The van der Waals surface area contributed by atoms with Gasteiger partial charge in [-0.15, -0.1) is 0 Å². The lowest BCUT2D eigenvalue weighted by Gasteiger charge is -2.16. The first-order valence-electron chi connectivity index (χ1n) is 4.71. The minimum Gasteiger partial charge on any atom is -0.469 e. The number of carbonyl (C=O) groups is 2. The van der Waals surface area contributed by atoms with E-state index in [1.807, 2.05) is 6.92 Å². The highest BCUT2D eigenvalue weighted by molar-refractivity contribution is 5.76. The topological polar surface area (TPSA) is 86.5 Å². The minimum atomic E-state index is -0.970. The van der Waals surface area contributed by atoms with Crippen molar-refractivity contribution in [2.45, 2.75) is 19.8 Å². The number of nitro groups is 1. The van der Waals surface area contributed by atoms with Crippen LogP contribution < -0.4 is 0 Å². The van der Waals surface area contributed by atoms with Crippen LogP contribution in [0.3, 0.4) is 0 Å². The normalized spacial score (nSPS) is 14.0. The van der Waals surface area contributed by atoms with Crippen molar-refractivity contribution < 1.29 is 19.2 Å². The van der Waals surface area contributed by atoms with Crippen molar-refractivity contribution >= 4 is 12.3 Å². The van der Waals surface area contributed by atoms with Crippen LogP contribution in [0.15, 0.2) is 0 Å². The number of aldehydes is 1. The Morgan fingerprint density at radius 1 is 1.60 bits per heavy atom. The molecular formula is C9H15NO5. The summed E-state index contributed by atoms with van der Waals surface area (Å²) in [6.07, 6.45) is 1.74. The van der Waals surface area contributed by atoms with Crippen LogP contribution in [0.2, 0.25) is 0 Å². The summed E-state index contributed by atoms with van der Waals surface area (Å²) >= 11 is 0. The van der Waals surface area contributed by atoms with E-state index < -0.39 is 29.3 Å². The molecule has 15 heavy (non-hydrogen) atoms. The molecule has 2 unspecified atom stereocenters. The summed E-state index contributed by atoms with van der Waals surface area (Å²) in [5, 5.41) is 10.3. The molecule has 0 N–H and O–H groups in total. The fourth-order valence-corrected chi connectivity index (χ4v) is 1.39. The molecule has 6 nitrogen and oxygen atoms in total. The number of hydrogen-bond donors (Lipinski definition) is 0. The van der Waals surface area contributed by atoms with E-state index in [1.54, 1.807) is 0 Å². The lowest BCUT2D eigenvalue weighted by molar-refractivity contribution is -0.487. The van der Waals surface area contributed by atoms with Gasteiger partial charge in [0.05, 0.1) is 7.11 Å². The van der Waals surface area contributed by atoms with Crippen molar-refractivity contribution in [3.63, 3.8) is 0 Å². The van der Waals surface area contributed by atoms with Crippen molar-refractivity contribution in [2.75, 3.05) is 13.7 Å². The summed E-state index contributed by atoms with van der Waals surface area (Å²) in [5.41, 5.74) is 0. The summed E-state index contributed by atoms with van der Waals surface area (Å²) < 4.78 is 4.44. The van der Waals surface area contributed by atoms with Gasteiger partial charge >= 0.3 is 5.97 Å². The monoisotopic (exact) mass is 217 g/mol. The maximum Gasteiger partial charge on any atom is 0.316 e. The minimum absolute atomic E-state index is 0.455. The standard InChI is InChI=1S/C9H15NO5/c1-3-4-7(6-11)8(5-10(13)14)9(12)15-2/h6-8H,3-5H2,1-2H3. The fraction of sp³-hybridized carbons (Fsp3) is 0.778. The first kappa shape index (κ1) is 13.5. The first-order valence-corrected chi connectivity index (χ1v) is 4.71. The Balaban J connectivity index is 4.63. The number of rotatable bonds is 7. The number of nitrogens with zero attached hydrogens (tertiary/aromatic N) is 1. The SMILES string of the molecule is CCCC(C=O)C(C[N+](=O)[O-])C(=O)OC. The van der Waals surface area contributed by atoms with Crippen LogP contribution in [0.4, 0.5) is 0 Å². The number of esters is 1. The van der Waals surface area contributed by atoms with Gasteiger partial charge in [-0.2, -0.15) is 0 Å². The summed E-state index contributed by atoms with van der Waals surface area (Å²) in [7, 11) is 1.16. The van der Waals surface area contributed by atoms with E-state index in [0.717, 1.165) is 7.11 Å². The lowest BCUT2D eigenvalue weighted by Crippen LogP contribution is -2.32. The molecule has 0 aromatic heterocycles. The third-order valence-electron chi connectivity index (χ3n) is 2.16. The van der Waals surface area contributed by atoms with Gasteiger partial charge in [0.25, 0.3) is 0 Å². The zero-order valence-corrected chi connectivity index (χ0v) is 8.84. The van der Waals surface area contributed by atoms with Crippen molar-refractivity contribution in [1.29, 1.82) is 0 Å². The average Bonchev–Trinajstić information content (AvgIpc) is 2.21. The van der Waals surface area contributed by atoms with Gasteiger partial charge in [0.15, 0.2) is 0 Å². The first-order chi connectivity index (χ1) is 7.06. The second kappa shape index (κ2) is 6.92. The molecule has 0 aliphatic carbocycles. The molecule has 0 rings (SSSR count). The molecule has 86 valence electrons. The third kappa shape index (κ3) is 4.53. The molecular weight excluding hydrogens is 202 g/mol. The summed E-state index contributed by atoms with van der Waals surface area (Å²) in [6.45, 7) is 1.28. The molecule has 0 aliphatic rings. The Labute approximate surface area is 87.7 Å². The van der Waals surface area contributed by atoms with Gasteiger partial charge in [0.1, 0.15) is 12.2 Å². The van der Waals surface area contributed by atoms with E-state index in [0.29, 0.717) is 19.1 Å². The molecule has 0 heterocycles. The average molecular weight is 217 g/mol. The summed E-state index contributed by atoms with van der Waals surface area (Å²) in [6, 6.07) is 0. The Kier molecular flexibility index (Phi) is 6.24. The zero-order chi connectivity index (χ0) is 11.8. The predicted octanol–water partition coefficient (Wildman–Crippen LogP) is 0.667. The molecule has 0 aliphatic heterocycles. The van der Waals surface area contributed by atoms with Gasteiger partial charge in [-0.3, -0.25) is 14.9 Å². The highest BCUT2D eigenvalue weighted by Crippen LogP contribution is 2.17. The summed E-state index contributed by atoms with van der Waals surface area (Å²) in [4.78, 5) is 31.7. The molecule has 0 amide bonds. The molecule has 0 fully saturated rings. The zero-order valence-electron chi connectivity index (χ0n) is 8.84. The molecule has 0 saturated carbocycles. The molecule has 0 bridgehead atoms. The quantitative estimate of drug-likeness (QED) is 0.270. The van der Waals surface area contributed by atoms with Gasteiger partial charge in [-0.05, 0) is 6.42 Å². The van der Waals surface area contributed by atoms with Crippen molar-refractivity contribution in [2.24, 2.45) is 11.8 Å². The second-order valence-electron chi connectivity index (χ2n) is 3.23.